The smallest absolute Gasteiger partial charge is 0.163 e. The normalized spacial score (nSPS) is 9.86. The first-order valence-corrected chi connectivity index (χ1v) is 5.15. The van der Waals surface area contributed by atoms with Crippen molar-refractivity contribution in [2.24, 2.45) is 0 Å². The molecule has 2 nitrogen and oxygen atoms in total. The van der Waals surface area contributed by atoms with Crippen LogP contribution < -0.4 is 0 Å². The van der Waals surface area contributed by atoms with Crippen molar-refractivity contribution in [2.45, 2.75) is 6.42 Å². The molecule has 0 saturated heterocycles. The number of rotatable bonds is 4. The number of Topliss-reactive ketones (excluding diaryl/α,β-unsaturated/α-hetero) is 1. The summed E-state index contributed by atoms with van der Waals surface area (Å²) in [5, 5.41) is 0.545. The van der Waals surface area contributed by atoms with Gasteiger partial charge >= 0.3 is 0 Å². The third-order valence-electron chi connectivity index (χ3n) is 1.77. The molecule has 0 fully saturated rings. The minimum absolute atomic E-state index is 0.0274. The Bertz CT molecular complexity index is 363. The van der Waals surface area contributed by atoms with E-state index in [1.54, 1.807) is 0 Å². The molecule has 0 heterocycles. The number of carbonyl (C=O) groups is 2. The second-order valence-electron chi connectivity index (χ2n) is 2.72. The number of ketones is 1. The van der Waals surface area contributed by atoms with Gasteiger partial charge in [0.25, 0.3) is 0 Å². The summed E-state index contributed by atoms with van der Waals surface area (Å²) in [5.74, 6) is -0.793. The molecule has 74 valence electrons. The predicted octanol–water partition coefficient (Wildman–Crippen LogP) is 2.61. The summed E-state index contributed by atoms with van der Waals surface area (Å²) in [6, 6.07) is 3.86. The molecule has 0 radical (unpaired) electrons. The lowest BCUT2D eigenvalue weighted by molar-refractivity contribution is 0.0988. The number of carbonyl (C=O) groups excluding carboxylic acids is 2. The molecule has 0 spiro atoms. The zero-order valence-corrected chi connectivity index (χ0v) is 8.88. The van der Waals surface area contributed by atoms with E-state index >= 15 is 0 Å². The number of hydrogen-bond donors (Lipinski definition) is 0. The summed E-state index contributed by atoms with van der Waals surface area (Å²) in [6.07, 6.45) is 0.744. The fraction of sp³-hybridized carbons (Fsp3) is 0.200. The Hall–Kier alpha value is -1.03. The van der Waals surface area contributed by atoms with Gasteiger partial charge in [-0.1, -0.05) is 22.0 Å². The summed E-state index contributed by atoms with van der Waals surface area (Å²) >= 11 is 3.12. The van der Waals surface area contributed by atoms with E-state index in [2.05, 4.69) is 15.9 Å². The molecule has 0 aromatic heterocycles. The second-order valence-corrected chi connectivity index (χ2v) is 3.51. The van der Waals surface area contributed by atoms with Crippen LogP contribution in [-0.4, -0.2) is 17.4 Å². The Morgan fingerprint density at radius 1 is 1.50 bits per heavy atom. The first-order chi connectivity index (χ1) is 6.69. The van der Waals surface area contributed by atoms with Crippen LogP contribution >= 0.6 is 15.9 Å². The molecule has 1 aromatic carbocycles. The van der Waals surface area contributed by atoms with E-state index in [-0.39, 0.29) is 11.3 Å². The van der Waals surface area contributed by atoms with E-state index in [0.29, 0.717) is 23.6 Å². The van der Waals surface area contributed by atoms with Gasteiger partial charge in [0.05, 0.1) is 5.56 Å². The Morgan fingerprint density at radius 3 is 2.71 bits per heavy atom. The highest BCUT2D eigenvalue weighted by molar-refractivity contribution is 9.09. The quantitative estimate of drug-likeness (QED) is 0.473. The molecular weight excluding hydrogens is 251 g/mol. The summed E-state index contributed by atoms with van der Waals surface area (Å²) in [4.78, 5) is 21.6. The van der Waals surface area contributed by atoms with Gasteiger partial charge in [-0.15, -0.1) is 0 Å². The molecule has 0 amide bonds. The minimum Gasteiger partial charge on any atom is -0.298 e. The fourth-order valence-corrected chi connectivity index (χ4v) is 1.39. The monoisotopic (exact) mass is 258 g/mol. The standard InChI is InChI=1S/C10H8BrFO2/c11-4-3-10(14)7-1-2-8(6-13)9(12)5-7/h1-2,5-6H,3-4H2. The van der Waals surface area contributed by atoms with Gasteiger partial charge in [-0.05, 0) is 12.1 Å². The predicted molar refractivity (Wildman–Crippen MR) is 54.5 cm³/mol. The van der Waals surface area contributed by atoms with Crippen molar-refractivity contribution in [1.29, 1.82) is 0 Å². The van der Waals surface area contributed by atoms with E-state index in [1.165, 1.54) is 12.1 Å². The Balaban J connectivity index is 2.96. The zero-order chi connectivity index (χ0) is 10.6. The van der Waals surface area contributed by atoms with Crippen LogP contribution in [0.15, 0.2) is 18.2 Å². The van der Waals surface area contributed by atoms with Crippen LogP contribution in [0.1, 0.15) is 27.1 Å². The van der Waals surface area contributed by atoms with Crippen LogP contribution in [0.3, 0.4) is 0 Å². The third kappa shape index (κ3) is 2.48. The Kier molecular flexibility index (Phi) is 3.95. The van der Waals surface area contributed by atoms with E-state index in [0.717, 1.165) is 6.07 Å². The molecule has 14 heavy (non-hydrogen) atoms. The third-order valence-corrected chi connectivity index (χ3v) is 2.17. The highest BCUT2D eigenvalue weighted by Gasteiger charge is 2.08. The number of hydrogen-bond acceptors (Lipinski definition) is 2. The first-order valence-electron chi connectivity index (χ1n) is 4.03. The summed E-state index contributed by atoms with van der Waals surface area (Å²) in [5.41, 5.74) is 0.271. The van der Waals surface area contributed by atoms with Crippen molar-refractivity contribution in [3.05, 3.63) is 35.1 Å². The van der Waals surface area contributed by atoms with Crippen molar-refractivity contribution in [1.82, 2.24) is 0 Å². The van der Waals surface area contributed by atoms with Crippen molar-refractivity contribution in [2.75, 3.05) is 5.33 Å². The van der Waals surface area contributed by atoms with Crippen molar-refractivity contribution < 1.29 is 14.0 Å². The molecule has 4 heteroatoms. The molecule has 0 saturated carbocycles. The van der Waals surface area contributed by atoms with Crippen molar-refractivity contribution in [3.8, 4) is 0 Å². The van der Waals surface area contributed by atoms with Gasteiger partial charge in [0, 0.05) is 17.3 Å². The maximum atomic E-state index is 13.1. The number of aldehydes is 1. The van der Waals surface area contributed by atoms with Gasteiger partial charge in [-0.3, -0.25) is 9.59 Å². The summed E-state index contributed by atoms with van der Waals surface area (Å²) < 4.78 is 13.1. The Morgan fingerprint density at radius 2 is 2.21 bits per heavy atom. The number of benzene rings is 1. The molecule has 0 aliphatic heterocycles. The molecular formula is C10H8BrFO2. The van der Waals surface area contributed by atoms with Crippen LogP contribution in [0, 0.1) is 5.82 Å². The molecule has 0 bridgehead atoms. The van der Waals surface area contributed by atoms with Gasteiger partial charge in [0.1, 0.15) is 5.82 Å². The van der Waals surface area contributed by atoms with Crippen LogP contribution in [0.25, 0.3) is 0 Å². The highest BCUT2D eigenvalue weighted by Crippen LogP contribution is 2.11. The Labute approximate surface area is 89.2 Å². The average molecular weight is 259 g/mol. The second kappa shape index (κ2) is 5.00. The van der Waals surface area contributed by atoms with Crippen molar-refractivity contribution >= 4 is 28.0 Å². The molecule has 0 atom stereocenters. The zero-order valence-electron chi connectivity index (χ0n) is 7.30. The van der Waals surface area contributed by atoms with Gasteiger partial charge in [-0.2, -0.15) is 0 Å². The van der Waals surface area contributed by atoms with Crippen molar-refractivity contribution in [3.63, 3.8) is 0 Å². The van der Waals surface area contributed by atoms with Crippen LogP contribution in [0.2, 0.25) is 0 Å². The van der Waals surface area contributed by atoms with Gasteiger partial charge < -0.3 is 0 Å². The lowest BCUT2D eigenvalue weighted by Crippen LogP contribution is -2.01. The van der Waals surface area contributed by atoms with Crippen LogP contribution in [0.5, 0.6) is 0 Å². The molecule has 1 rings (SSSR count). The number of alkyl halides is 1. The van der Waals surface area contributed by atoms with E-state index in [1.807, 2.05) is 0 Å². The van der Waals surface area contributed by atoms with Gasteiger partial charge in [0.2, 0.25) is 0 Å². The fourth-order valence-electron chi connectivity index (χ4n) is 1.03. The topological polar surface area (TPSA) is 34.1 Å². The maximum Gasteiger partial charge on any atom is 0.163 e. The first kappa shape index (κ1) is 11.0. The SMILES string of the molecule is O=Cc1ccc(C(=O)CCBr)cc1F. The maximum absolute atomic E-state index is 13.1. The molecule has 1 aromatic rings. The largest absolute Gasteiger partial charge is 0.298 e. The van der Waals surface area contributed by atoms with E-state index in [9.17, 15) is 14.0 Å². The average Bonchev–Trinajstić information content (AvgIpc) is 2.18. The van der Waals surface area contributed by atoms with Gasteiger partial charge in [0.15, 0.2) is 12.1 Å². The summed E-state index contributed by atoms with van der Waals surface area (Å²) in [6.45, 7) is 0. The number of halogens is 2. The molecule has 0 unspecified atom stereocenters. The minimum atomic E-state index is -0.652. The van der Waals surface area contributed by atoms with Crippen LogP contribution in [0.4, 0.5) is 4.39 Å². The van der Waals surface area contributed by atoms with Gasteiger partial charge in [-0.25, -0.2) is 4.39 Å². The molecule has 0 aliphatic rings. The summed E-state index contributed by atoms with van der Waals surface area (Å²) in [7, 11) is 0. The van der Waals surface area contributed by atoms with E-state index in [4.69, 9.17) is 0 Å². The molecule has 0 aliphatic carbocycles. The highest BCUT2D eigenvalue weighted by atomic mass is 79.9. The lowest BCUT2D eigenvalue weighted by Gasteiger charge is -2.00. The lowest BCUT2D eigenvalue weighted by atomic mass is 10.1. The van der Waals surface area contributed by atoms with E-state index < -0.39 is 5.82 Å². The molecule has 0 N–H and O–H groups in total. The van der Waals surface area contributed by atoms with Crippen LogP contribution in [-0.2, 0) is 0 Å².